The topological polar surface area (TPSA) is 487 Å². The number of benzene rings is 4. The van der Waals surface area contributed by atoms with Crippen molar-refractivity contribution in [2.24, 2.45) is 5.73 Å². The van der Waals surface area contributed by atoms with E-state index in [2.05, 4.69) is 37.2 Å². The number of nitrogens with zero attached hydrogens (tertiary/aromatic N) is 6. The number of pyridine rings is 4. The molecule has 9 amide bonds. The van der Waals surface area contributed by atoms with Crippen LogP contribution in [0.25, 0.3) is 44.6 Å². The molecule has 5 aliphatic heterocycles. The first-order valence-electron chi connectivity index (χ1n) is 39.6. The maximum Gasteiger partial charge on any atom is 0.514 e. The Bertz CT molecular complexity index is 5690. The number of amides is 9. The number of esters is 2. The van der Waals surface area contributed by atoms with E-state index in [-0.39, 0.29) is 112 Å². The monoisotopic (exact) mass is 1660 g/mol. The van der Waals surface area contributed by atoms with Crippen molar-refractivity contribution < 1.29 is 96.2 Å². The number of hydrogen-bond acceptors (Lipinski definition) is 26. The summed E-state index contributed by atoms with van der Waals surface area (Å²) in [6.07, 6.45) is 2.56. The van der Waals surface area contributed by atoms with Gasteiger partial charge in [-0.3, -0.25) is 63.1 Å². The maximum absolute atomic E-state index is 13.8. The zero-order valence-electron chi connectivity index (χ0n) is 67.1. The Morgan fingerprint density at radius 2 is 1.09 bits per heavy atom. The Morgan fingerprint density at radius 3 is 1.63 bits per heavy atom. The normalized spacial score (nSPS) is 16.6. The van der Waals surface area contributed by atoms with Crippen LogP contribution in [-0.2, 0) is 130 Å². The number of unbranched alkanes of at least 4 members (excludes halogenated alkanes) is 1. The zero-order chi connectivity index (χ0) is 86.3. The molecule has 5 atom stereocenters. The van der Waals surface area contributed by atoms with Gasteiger partial charge in [-0.2, -0.15) is 0 Å². The van der Waals surface area contributed by atoms with Gasteiger partial charge in [0.25, 0.3) is 22.9 Å². The SMILES string of the molecule is CCc1c2c(nc3ccc(OCNC(=O)OCc4ccc(NC(=O)[C@H](C)NC(=O)[C@H](C)NC(=O)CN(CCN5C(=O)C=CC5=O)CC(=O)NCC(=O)N[C@@H](CCCCN)C(=O)Nc5ccc(COC(=O)Oc6ccc7nc8c(c(CC)c7c6)Cn6c-8cc7c(c6=O)COC(=O)[C@]7(O)CC)cc5)cc4)cc13)-c1cc3c(c(=O)n1C2)COC(=O)[C@]3(O)CC. The Balaban J connectivity index is 0.534. The second kappa shape index (κ2) is 36.3. The van der Waals surface area contributed by atoms with Crippen molar-refractivity contribution in [1.29, 1.82) is 0 Å². The van der Waals surface area contributed by atoms with Crippen molar-refractivity contribution in [3.05, 3.63) is 186 Å². The largest absolute Gasteiger partial charge is 0.514 e. The minimum Gasteiger partial charge on any atom is -0.473 e. The minimum absolute atomic E-state index is 0.000991. The number of imide groups is 1. The summed E-state index contributed by atoms with van der Waals surface area (Å²) in [5.74, 6) is -6.57. The second-order valence-corrected chi connectivity index (χ2v) is 29.7. The molecule has 0 bridgehead atoms. The van der Waals surface area contributed by atoms with E-state index in [1.807, 2.05) is 13.8 Å². The summed E-state index contributed by atoms with van der Waals surface area (Å²) in [7, 11) is 0. The highest BCUT2D eigenvalue weighted by molar-refractivity contribution is 6.13. The van der Waals surface area contributed by atoms with Crippen molar-refractivity contribution in [2.45, 2.75) is 155 Å². The molecule has 36 heteroatoms. The quantitative estimate of drug-likeness (QED) is 0.00690. The summed E-state index contributed by atoms with van der Waals surface area (Å²) < 4.78 is 35.9. The molecule has 0 unspecified atom stereocenters. The van der Waals surface area contributed by atoms with Gasteiger partial charge in [-0.05, 0) is 160 Å². The molecule has 0 spiro atoms. The van der Waals surface area contributed by atoms with Crippen LogP contribution in [0, 0.1) is 0 Å². The van der Waals surface area contributed by atoms with Crippen LogP contribution >= 0.6 is 0 Å². The van der Waals surface area contributed by atoms with Gasteiger partial charge in [-0.1, -0.05) is 52.0 Å². The number of aryl methyl sites for hydroxylation is 2. The van der Waals surface area contributed by atoms with Crippen LogP contribution in [0.2, 0.25) is 0 Å². The highest BCUT2D eigenvalue weighted by Gasteiger charge is 2.48. The molecule has 121 heavy (non-hydrogen) atoms. The molecule has 13 rings (SSSR count). The third-order valence-electron chi connectivity index (χ3n) is 21.9. The van der Waals surface area contributed by atoms with E-state index >= 15 is 0 Å². The number of anilines is 2. The lowest BCUT2D eigenvalue weighted by Gasteiger charge is -2.31. The van der Waals surface area contributed by atoms with E-state index in [9.17, 15) is 77.3 Å². The first-order valence-corrected chi connectivity index (χ1v) is 39.6. The lowest BCUT2D eigenvalue weighted by Crippen LogP contribution is -2.53. The smallest absolute Gasteiger partial charge is 0.473 e. The number of nitrogens with two attached hydrogens (primary N) is 1. The molecule has 632 valence electrons. The van der Waals surface area contributed by atoms with Gasteiger partial charge in [0.2, 0.25) is 35.4 Å². The third-order valence-corrected chi connectivity index (χ3v) is 21.9. The van der Waals surface area contributed by atoms with E-state index < -0.39 is 126 Å². The van der Waals surface area contributed by atoms with Gasteiger partial charge in [0.1, 0.15) is 56.1 Å². The predicted octanol–water partition coefficient (Wildman–Crippen LogP) is 4.12. The zero-order valence-corrected chi connectivity index (χ0v) is 67.1. The Hall–Kier alpha value is -13.6. The van der Waals surface area contributed by atoms with E-state index in [1.165, 1.54) is 18.7 Å². The third kappa shape index (κ3) is 18.2. The number of hydrogen-bond donors (Lipinski definition) is 10. The van der Waals surface area contributed by atoms with Crippen molar-refractivity contribution >= 4 is 105 Å². The Morgan fingerprint density at radius 1 is 0.579 bits per heavy atom. The van der Waals surface area contributed by atoms with E-state index in [4.69, 9.17) is 44.1 Å². The van der Waals surface area contributed by atoms with Crippen LogP contribution in [0.3, 0.4) is 0 Å². The summed E-state index contributed by atoms with van der Waals surface area (Å²) in [4.78, 5) is 197. The molecule has 0 saturated carbocycles. The van der Waals surface area contributed by atoms with Crippen LogP contribution in [-0.4, -0.2) is 175 Å². The van der Waals surface area contributed by atoms with Crippen molar-refractivity contribution in [2.75, 3.05) is 56.6 Å². The molecule has 0 radical (unpaired) electrons. The highest BCUT2D eigenvalue weighted by Crippen LogP contribution is 2.43. The molecular formula is C85H90N14O22. The fourth-order valence-electron chi connectivity index (χ4n) is 15.2. The number of nitrogens with one attached hydrogen (secondary N) is 7. The standard InChI is InChI=1S/C85H90N14O22/c1-7-53-55-31-51(22-24-63(55)94-73-57(53)36-98-66(73)33-61-59(78(98)108)42-116-80(110)84(61,114)9-3)120-44-88-82(112)118-40-47-14-18-49(19-15-47)91-76(106)46(6)90-75(105)45(5)89-70(102)39-96(29-30-97-71(103)26-27-72(97)104)38-69(101)87-35-68(100)93-65(13-11-12-28-86)77(107)92-50-20-16-48(17-21-50)41-119-83(113)121-52-23-25-64-56(32-52)54(8-2)58-37-99-67(74(58)95-64)34-62-60(79(99)109)43-117-81(111)85(62,115)10-4/h14-27,31-34,45-46,65,114-115H,7-13,28-30,35-44,86H2,1-6H3,(H,87,101)(H,88,112)(H,89,102)(H,90,105)(H,91,106)(H,92,107)(H,93,100)/t45-,46-,65-,84-,85-/m0/s1. The number of carbonyl (C=O) groups excluding carboxylic acids is 12. The number of aromatic nitrogens is 4. The van der Waals surface area contributed by atoms with Crippen LogP contribution in [0.5, 0.6) is 11.5 Å². The molecule has 9 heterocycles. The van der Waals surface area contributed by atoms with Gasteiger partial charge >= 0.3 is 24.2 Å². The lowest BCUT2D eigenvalue weighted by atomic mass is 9.86. The average molecular weight is 1660 g/mol. The molecule has 0 aliphatic carbocycles. The Kier molecular flexibility index (Phi) is 25.6. The summed E-state index contributed by atoms with van der Waals surface area (Å²) in [6, 6.07) is 22.6. The molecule has 8 aromatic rings. The molecule has 11 N–H and O–H groups in total. The van der Waals surface area contributed by atoms with E-state index in [0.29, 0.717) is 99.7 Å². The number of carbonyl (C=O) groups is 12. The second-order valence-electron chi connectivity index (χ2n) is 29.7. The fourth-order valence-corrected chi connectivity index (χ4v) is 15.2. The van der Waals surface area contributed by atoms with Gasteiger partial charge in [0.05, 0.1) is 77.7 Å². The maximum atomic E-state index is 13.8. The van der Waals surface area contributed by atoms with Crippen molar-refractivity contribution in [3.8, 4) is 34.3 Å². The fraction of sp³-hybridized carbons (Fsp3) is 0.365. The highest BCUT2D eigenvalue weighted by atomic mass is 16.7. The summed E-state index contributed by atoms with van der Waals surface area (Å²) in [5.41, 5.74) is 10.2. The van der Waals surface area contributed by atoms with Gasteiger partial charge in [-0.15, -0.1) is 0 Å². The number of ether oxygens (including phenoxy) is 6. The molecule has 0 saturated heterocycles. The first-order chi connectivity index (χ1) is 58.0. The van der Waals surface area contributed by atoms with Gasteiger partial charge < -0.3 is 85.4 Å². The average Bonchev–Trinajstić information content (AvgIpc) is 1.59. The number of aliphatic hydroxyl groups is 2. The Labute approximate surface area is 690 Å². The van der Waals surface area contributed by atoms with Crippen LogP contribution in [0.15, 0.2) is 119 Å². The summed E-state index contributed by atoms with van der Waals surface area (Å²) in [5, 5.41) is 42.2. The van der Waals surface area contributed by atoms with E-state index in [0.717, 1.165) is 44.7 Å². The van der Waals surface area contributed by atoms with Crippen molar-refractivity contribution in [3.63, 3.8) is 0 Å². The van der Waals surface area contributed by atoms with Crippen LogP contribution in [0.1, 0.15) is 129 Å². The van der Waals surface area contributed by atoms with Crippen LogP contribution < -0.4 is 63.5 Å². The van der Waals surface area contributed by atoms with Gasteiger partial charge in [0, 0.05) is 69.6 Å². The molecule has 5 aliphatic rings. The number of rotatable bonds is 33. The number of alkyl carbamates (subject to hydrolysis) is 1. The summed E-state index contributed by atoms with van der Waals surface area (Å²) in [6.45, 7) is 7.37. The van der Waals surface area contributed by atoms with Gasteiger partial charge in [-0.25, -0.2) is 29.1 Å². The predicted molar refractivity (Wildman–Crippen MR) is 433 cm³/mol. The number of cyclic esters (lactones) is 2. The molecule has 4 aromatic heterocycles. The molecule has 0 fully saturated rings. The number of fused-ring (bicyclic) bond motifs is 10. The van der Waals surface area contributed by atoms with Crippen molar-refractivity contribution in [1.82, 2.24) is 55.5 Å². The molecule has 36 nitrogen and oxygen atoms in total. The van der Waals surface area contributed by atoms with Gasteiger partial charge in [0.15, 0.2) is 17.9 Å². The summed E-state index contributed by atoms with van der Waals surface area (Å²) >= 11 is 0. The minimum atomic E-state index is -1.98. The van der Waals surface area contributed by atoms with Crippen LogP contribution in [0.4, 0.5) is 21.0 Å². The first kappa shape index (κ1) is 85.3. The van der Waals surface area contributed by atoms with E-state index in [1.54, 1.807) is 120 Å². The lowest BCUT2D eigenvalue weighted by molar-refractivity contribution is -0.172. The molecular weight excluding hydrogens is 1570 g/mol. The molecule has 4 aromatic carbocycles.